The summed E-state index contributed by atoms with van der Waals surface area (Å²) in [7, 11) is 3.35. The van der Waals surface area contributed by atoms with E-state index in [0.29, 0.717) is 5.11 Å². The van der Waals surface area contributed by atoms with Crippen molar-refractivity contribution in [2.24, 2.45) is 0 Å². The largest absolute Gasteiger partial charge is 0.497 e. The number of aryl methyl sites for hydroxylation is 1. The molecule has 26 heavy (non-hydrogen) atoms. The highest BCUT2D eigenvalue weighted by molar-refractivity contribution is 7.80. The highest BCUT2D eigenvalue weighted by Gasteiger charge is 2.17. The van der Waals surface area contributed by atoms with E-state index >= 15 is 0 Å². The molecule has 5 heteroatoms. The molecule has 4 nitrogen and oxygen atoms in total. The highest BCUT2D eigenvalue weighted by atomic mass is 32.1. The van der Waals surface area contributed by atoms with Crippen LogP contribution in [0.5, 0.6) is 11.5 Å². The summed E-state index contributed by atoms with van der Waals surface area (Å²) in [5.41, 5.74) is 3.31. The van der Waals surface area contributed by atoms with Crippen LogP contribution in [0.25, 0.3) is 0 Å². The van der Waals surface area contributed by atoms with Crippen molar-refractivity contribution >= 4 is 23.0 Å². The van der Waals surface area contributed by atoms with E-state index in [1.165, 1.54) is 5.56 Å². The second kappa shape index (κ2) is 9.43. The summed E-state index contributed by atoms with van der Waals surface area (Å²) in [5.74, 6) is 1.66. The Hall–Kier alpha value is -2.27. The molecular formula is C21H28N2O2S. The Morgan fingerprint density at radius 3 is 2.38 bits per heavy atom. The van der Waals surface area contributed by atoms with Gasteiger partial charge in [-0.1, -0.05) is 18.2 Å². The second-order valence-electron chi connectivity index (χ2n) is 6.32. The quantitative estimate of drug-likeness (QED) is 0.715. The number of hydrogen-bond acceptors (Lipinski definition) is 3. The third-order valence-corrected chi connectivity index (χ3v) is 4.76. The number of nitrogens with one attached hydrogen (secondary N) is 1. The zero-order valence-electron chi connectivity index (χ0n) is 16.2. The maximum atomic E-state index is 5.68. The van der Waals surface area contributed by atoms with Crippen LogP contribution in [0.15, 0.2) is 42.5 Å². The Morgan fingerprint density at radius 2 is 1.81 bits per heavy atom. The van der Waals surface area contributed by atoms with E-state index in [1.54, 1.807) is 14.2 Å². The van der Waals surface area contributed by atoms with Crippen molar-refractivity contribution in [2.45, 2.75) is 33.2 Å². The summed E-state index contributed by atoms with van der Waals surface area (Å²) in [6.45, 7) is 7.19. The highest BCUT2D eigenvalue weighted by Crippen LogP contribution is 2.26. The number of thiocarbonyl (C=S) groups is 1. The van der Waals surface area contributed by atoms with Gasteiger partial charge in [0.25, 0.3) is 0 Å². The zero-order chi connectivity index (χ0) is 19.1. The first-order chi connectivity index (χ1) is 12.5. The van der Waals surface area contributed by atoms with Gasteiger partial charge >= 0.3 is 0 Å². The molecule has 0 aliphatic carbocycles. The van der Waals surface area contributed by atoms with Crippen LogP contribution in [-0.4, -0.2) is 36.8 Å². The molecule has 0 spiro atoms. The van der Waals surface area contributed by atoms with Crippen molar-refractivity contribution in [3.8, 4) is 11.5 Å². The Kier molecular flexibility index (Phi) is 7.27. The van der Waals surface area contributed by atoms with Gasteiger partial charge in [-0.3, -0.25) is 0 Å². The number of nitrogens with zero attached hydrogens (tertiary/aromatic N) is 1. The minimum Gasteiger partial charge on any atom is -0.497 e. The van der Waals surface area contributed by atoms with Crippen LogP contribution in [0, 0.1) is 6.92 Å². The van der Waals surface area contributed by atoms with Crippen LogP contribution < -0.4 is 14.8 Å². The fourth-order valence-corrected chi connectivity index (χ4v) is 3.39. The van der Waals surface area contributed by atoms with Gasteiger partial charge in [-0.15, -0.1) is 0 Å². The van der Waals surface area contributed by atoms with Gasteiger partial charge in [-0.25, -0.2) is 0 Å². The number of hydrogen-bond donors (Lipinski definition) is 1. The second-order valence-corrected chi connectivity index (χ2v) is 6.71. The summed E-state index contributed by atoms with van der Waals surface area (Å²) in [6, 6.07) is 14.5. The number of benzene rings is 2. The summed E-state index contributed by atoms with van der Waals surface area (Å²) in [4.78, 5) is 2.20. The minimum atomic E-state index is 0.268. The third kappa shape index (κ3) is 5.11. The predicted octanol–water partition coefficient (Wildman–Crippen LogP) is 4.66. The first-order valence-electron chi connectivity index (χ1n) is 8.83. The lowest BCUT2D eigenvalue weighted by atomic mass is 10.1. The van der Waals surface area contributed by atoms with Gasteiger partial charge in [-0.05, 0) is 74.8 Å². The van der Waals surface area contributed by atoms with Crippen LogP contribution in [-0.2, 0) is 6.42 Å². The molecule has 0 aliphatic heterocycles. The van der Waals surface area contributed by atoms with Gasteiger partial charge in [0.1, 0.15) is 11.5 Å². The number of methoxy groups -OCH3 is 2. The van der Waals surface area contributed by atoms with Crippen LogP contribution in [0.1, 0.15) is 25.0 Å². The van der Waals surface area contributed by atoms with E-state index in [2.05, 4.69) is 43.1 Å². The van der Waals surface area contributed by atoms with Crippen molar-refractivity contribution in [1.82, 2.24) is 4.90 Å². The van der Waals surface area contributed by atoms with E-state index in [-0.39, 0.29) is 6.04 Å². The molecule has 1 unspecified atom stereocenters. The standard InChI is InChI=1S/C21H28N2O2S/c1-6-23(16(3)14-17-8-10-18(24-4)11-9-17)21(26)22-19-13-15(2)7-12-20(19)25-5/h7-13,16H,6,14H2,1-5H3,(H,22,26). The van der Waals surface area contributed by atoms with Gasteiger partial charge in [0.2, 0.25) is 0 Å². The molecule has 1 N–H and O–H groups in total. The van der Waals surface area contributed by atoms with E-state index in [9.17, 15) is 0 Å². The summed E-state index contributed by atoms with van der Waals surface area (Å²) in [6.07, 6.45) is 0.907. The number of rotatable bonds is 7. The average Bonchev–Trinajstić information content (AvgIpc) is 2.63. The lowest BCUT2D eigenvalue weighted by Crippen LogP contribution is -2.42. The van der Waals surface area contributed by atoms with Crippen LogP contribution in [0.4, 0.5) is 5.69 Å². The summed E-state index contributed by atoms with van der Waals surface area (Å²) < 4.78 is 10.7. The molecule has 2 rings (SSSR count). The monoisotopic (exact) mass is 372 g/mol. The topological polar surface area (TPSA) is 33.7 Å². The van der Waals surface area contributed by atoms with Crippen molar-refractivity contribution in [1.29, 1.82) is 0 Å². The molecule has 0 radical (unpaired) electrons. The molecule has 2 aromatic carbocycles. The molecule has 0 saturated heterocycles. The fraction of sp³-hybridized carbons (Fsp3) is 0.381. The number of likely N-dealkylation sites (N-methyl/N-ethyl adjacent to an activating group) is 1. The Labute approximate surface area is 162 Å². The summed E-state index contributed by atoms with van der Waals surface area (Å²) in [5, 5.41) is 4.06. The third-order valence-electron chi connectivity index (χ3n) is 4.42. The fourth-order valence-electron chi connectivity index (χ4n) is 2.97. The maximum Gasteiger partial charge on any atom is 0.173 e. The molecule has 0 aliphatic rings. The number of ether oxygens (including phenoxy) is 2. The molecular weight excluding hydrogens is 344 g/mol. The molecule has 0 heterocycles. The lowest BCUT2D eigenvalue weighted by molar-refractivity contribution is 0.347. The average molecular weight is 373 g/mol. The summed E-state index contributed by atoms with van der Waals surface area (Å²) >= 11 is 5.68. The SMILES string of the molecule is CCN(C(=S)Nc1cc(C)ccc1OC)C(C)Cc1ccc(OC)cc1. The lowest BCUT2D eigenvalue weighted by Gasteiger charge is -2.31. The van der Waals surface area contributed by atoms with Crippen LogP contribution in [0.2, 0.25) is 0 Å². The zero-order valence-corrected chi connectivity index (χ0v) is 17.0. The van der Waals surface area contributed by atoms with E-state index in [1.807, 2.05) is 30.3 Å². The molecule has 0 aromatic heterocycles. The van der Waals surface area contributed by atoms with Crippen LogP contribution >= 0.6 is 12.2 Å². The van der Waals surface area contributed by atoms with Gasteiger partial charge < -0.3 is 19.7 Å². The maximum absolute atomic E-state index is 5.68. The molecule has 0 bridgehead atoms. The molecule has 0 amide bonds. The van der Waals surface area contributed by atoms with Gasteiger partial charge in [0.15, 0.2) is 5.11 Å². The van der Waals surface area contributed by atoms with Crippen molar-refractivity contribution in [2.75, 3.05) is 26.1 Å². The smallest absolute Gasteiger partial charge is 0.173 e. The van der Waals surface area contributed by atoms with E-state index < -0.39 is 0 Å². The molecule has 0 fully saturated rings. The van der Waals surface area contributed by atoms with E-state index in [4.69, 9.17) is 21.7 Å². The molecule has 1 atom stereocenters. The Bertz CT molecular complexity index is 731. The number of anilines is 1. The predicted molar refractivity (Wildman–Crippen MR) is 112 cm³/mol. The van der Waals surface area contributed by atoms with Crippen molar-refractivity contribution in [3.05, 3.63) is 53.6 Å². The normalized spacial score (nSPS) is 11.6. The minimum absolute atomic E-state index is 0.268. The molecule has 2 aromatic rings. The first-order valence-corrected chi connectivity index (χ1v) is 9.24. The molecule has 0 saturated carbocycles. The van der Waals surface area contributed by atoms with Crippen molar-refractivity contribution in [3.63, 3.8) is 0 Å². The van der Waals surface area contributed by atoms with Gasteiger partial charge in [-0.2, -0.15) is 0 Å². The first kappa shape index (κ1) is 20.0. The van der Waals surface area contributed by atoms with Crippen LogP contribution in [0.3, 0.4) is 0 Å². The Balaban J connectivity index is 2.08. The van der Waals surface area contributed by atoms with Gasteiger partial charge in [0.05, 0.1) is 19.9 Å². The van der Waals surface area contributed by atoms with E-state index in [0.717, 1.165) is 35.7 Å². The van der Waals surface area contributed by atoms with Crippen molar-refractivity contribution < 1.29 is 9.47 Å². The van der Waals surface area contributed by atoms with Gasteiger partial charge in [0, 0.05) is 12.6 Å². The molecule has 140 valence electrons. The Morgan fingerprint density at radius 1 is 1.12 bits per heavy atom.